The highest BCUT2D eigenvalue weighted by Gasteiger charge is 1.94. The summed E-state index contributed by atoms with van der Waals surface area (Å²) in [5.41, 5.74) is 0.693. The first-order chi connectivity index (χ1) is 8.34. The van der Waals surface area contributed by atoms with Crippen molar-refractivity contribution in [3.8, 4) is 0 Å². The molecular formula is C16H23F. The fraction of sp³-hybridized carbons (Fsp3) is 0.500. The molecule has 1 aromatic rings. The van der Waals surface area contributed by atoms with E-state index in [4.69, 9.17) is 0 Å². The van der Waals surface area contributed by atoms with Gasteiger partial charge in [0.2, 0.25) is 0 Å². The van der Waals surface area contributed by atoms with E-state index >= 15 is 0 Å². The molecule has 0 heterocycles. The number of halogens is 1. The average molecular weight is 234 g/mol. The molecule has 0 radical (unpaired) electrons. The highest BCUT2D eigenvalue weighted by Crippen LogP contribution is 2.11. The van der Waals surface area contributed by atoms with Gasteiger partial charge in [-0.05, 0) is 18.9 Å². The molecule has 0 aliphatic heterocycles. The van der Waals surface area contributed by atoms with E-state index in [1.807, 2.05) is 18.2 Å². The molecule has 0 saturated carbocycles. The molecule has 1 heteroatoms. The Morgan fingerprint density at radius 1 is 1.00 bits per heavy atom. The van der Waals surface area contributed by atoms with E-state index in [1.165, 1.54) is 44.6 Å². The lowest BCUT2D eigenvalue weighted by molar-refractivity contribution is 0.611. The second-order valence-corrected chi connectivity index (χ2v) is 4.48. The van der Waals surface area contributed by atoms with Crippen molar-refractivity contribution >= 4 is 6.08 Å². The Morgan fingerprint density at radius 2 is 1.71 bits per heavy atom. The van der Waals surface area contributed by atoms with Gasteiger partial charge in [0.05, 0.1) is 0 Å². The Balaban J connectivity index is 2.12. The van der Waals surface area contributed by atoms with Gasteiger partial charge in [-0.3, -0.25) is 0 Å². The van der Waals surface area contributed by atoms with Gasteiger partial charge in [0.25, 0.3) is 0 Å². The molecule has 1 rings (SSSR count). The highest BCUT2D eigenvalue weighted by atomic mass is 19.1. The molecule has 0 atom stereocenters. The van der Waals surface area contributed by atoms with Crippen LogP contribution in [0.5, 0.6) is 0 Å². The molecule has 0 amide bonds. The quantitative estimate of drug-likeness (QED) is 0.514. The Kier molecular flexibility index (Phi) is 7.37. The zero-order chi connectivity index (χ0) is 12.3. The summed E-state index contributed by atoms with van der Waals surface area (Å²) in [7, 11) is 0. The van der Waals surface area contributed by atoms with Gasteiger partial charge < -0.3 is 0 Å². The van der Waals surface area contributed by atoms with Gasteiger partial charge in [0.15, 0.2) is 0 Å². The van der Waals surface area contributed by atoms with Gasteiger partial charge in [0, 0.05) is 5.56 Å². The molecule has 0 aromatic heterocycles. The van der Waals surface area contributed by atoms with Crippen LogP contribution in [0.15, 0.2) is 30.3 Å². The van der Waals surface area contributed by atoms with Gasteiger partial charge in [-0.2, -0.15) is 0 Å². The SMILES string of the molecule is CCCCCCCCC=Cc1ccccc1F. The number of hydrogen-bond donors (Lipinski definition) is 0. The minimum atomic E-state index is -0.133. The van der Waals surface area contributed by atoms with Crippen LogP contribution in [0.3, 0.4) is 0 Å². The number of allylic oxidation sites excluding steroid dienone is 1. The minimum Gasteiger partial charge on any atom is -0.206 e. The van der Waals surface area contributed by atoms with Crippen LogP contribution in [0.1, 0.15) is 57.4 Å². The first-order valence-electron chi connectivity index (χ1n) is 6.75. The Morgan fingerprint density at radius 3 is 2.47 bits per heavy atom. The van der Waals surface area contributed by atoms with Crippen molar-refractivity contribution in [3.63, 3.8) is 0 Å². The minimum absolute atomic E-state index is 0.133. The zero-order valence-corrected chi connectivity index (χ0v) is 10.8. The van der Waals surface area contributed by atoms with Crippen molar-refractivity contribution < 1.29 is 4.39 Å². The Labute approximate surface area is 105 Å². The monoisotopic (exact) mass is 234 g/mol. The van der Waals surface area contributed by atoms with Crippen LogP contribution in [-0.2, 0) is 0 Å². The number of unbranched alkanes of at least 4 members (excludes halogenated alkanes) is 6. The predicted molar refractivity (Wildman–Crippen MR) is 73.4 cm³/mol. The summed E-state index contributed by atoms with van der Waals surface area (Å²) in [6.45, 7) is 2.23. The number of benzene rings is 1. The molecule has 1 aromatic carbocycles. The van der Waals surface area contributed by atoms with E-state index in [0.717, 1.165) is 6.42 Å². The molecule has 94 valence electrons. The molecular weight excluding hydrogens is 211 g/mol. The lowest BCUT2D eigenvalue weighted by atomic mass is 10.1. The second-order valence-electron chi connectivity index (χ2n) is 4.48. The molecule has 0 N–H and O–H groups in total. The van der Waals surface area contributed by atoms with Gasteiger partial charge in [-0.1, -0.05) is 69.4 Å². The van der Waals surface area contributed by atoms with Crippen molar-refractivity contribution in [1.29, 1.82) is 0 Å². The maximum absolute atomic E-state index is 13.3. The van der Waals surface area contributed by atoms with Crippen molar-refractivity contribution in [1.82, 2.24) is 0 Å². The van der Waals surface area contributed by atoms with Crippen LogP contribution < -0.4 is 0 Å². The maximum Gasteiger partial charge on any atom is 0.130 e. The van der Waals surface area contributed by atoms with Crippen LogP contribution >= 0.6 is 0 Å². The maximum atomic E-state index is 13.3. The Hall–Kier alpha value is -1.11. The fourth-order valence-corrected chi connectivity index (χ4v) is 1.86. The number of hydrogen-bond acceptors (Lipinski definition) is 0. The van der Waals surface area contributed by atoms with Gasteiger partial charge in [-0.15, -0.1) is 0 Å². The van der Waals surface area contributed by atoms with Crippen molar-refractivity contribution in [3.05, 3.63) is 41.7 Å². The average Bonchev–Trinajstić information content (AvgIpc) is 2.35. The van der Waals surface area contributed by atoms with E-state index in [0.29, 0.717) is 5.56 Å². The summed E-state index contributed by atoms with van der Waals surface area (Å²) in [6.07, 6.45) is 12.9. The third-order valence-corrected chi connectivity index (χ3v) is 2.93. The van der Waals surface area contributed by atoms with Crippen LogP contribution in [0, 0.1) is 5.82 Å². The standard InChI is InChI=1S/C16H23F/c1-2-3-4-5-6-7-8-9-12-15-13-10-11-14-16(15)17/h9-14H,2-8H2,1H3. The van der Waals surface area contributed by atoms with E-state index in [-0.39, 0.29) is 5.82 Å². The molecule has 0 saturated heterocycles. The molecule has 0 aliphatic rings. The van der Waals surface area contributed by atoms with Gasteiger partial charge in [0.1, 0.15) is 5.82 Å². The molecule has 0 nitrogen and oxygen atoms in total. The second kappa shape index (κ2) is 8.98. The Bertz CT molecular complexity index is 328. The summed E-state index contributed by atoms with van der Waals surface area (Å²) in [5, 5.41) is 0. The summed E-state index contributed by atoms with van der Waals surface area (Å²) in [4.78, 5) is 0. The lowest BCUT2D eigenvalue weighted by Crippen LogP contribution is -1.80. The van der Waals surface area contributed by atoms with E-state index < -0.39 is 0 Å². The van der Waals surface area contributed by atoms with E-state index in [1.54, 1.807) is 6.07 Å². The third kappa shape index (κ3) is 6.25. The largest absolute Gasteiger partial charge is 0.206 e. The van der Waals surface area contributed by atoms with Crippen LogP contribution in [-0.4, -0.2) is 0 Å². The third-order valence-electron chi connectivity index (χ3n) is 2.93. The summed E-state index contributed by atoms with van der Waals surface area (Å²) in [5.74, 6) is -0.133. The number of rotatable bonds is 8. The molecule has 0 unspecified atom stereocenters. The van der Waals surface area contributed by atoms with Crippen molar-refractivity contribution in [2.45, 2.75) is 51.9 Å². The topological polar surface area (TPSA) is 0 Å². The summed E-state index contributed by atoms with van der Waals surface area (Å²) in [6, 6.07) is 6.91. The van der Waals surface area contributed by atoms with Crippen molar-refractivity contribution in [2.24, 2.45) is 0 Å². The molecule has 0 fully saturated rings. The molecule has 0 aliphatic carbocycles. The van der Waals surface area contributed by atoms with E-state index in [9.17, 15) is 4.39 Å². The van der Waals surface area contributed by atoms with Gasteiger partial charge in [-0.25, -0.2) is 4.39 Å². The normalized spacial score (nSPS) is 11.2. The summed E-state index contributed by atoms with van der Waals surface area (Å²) < 4.78 is 13.3. The molecule has 17 heavy (non-hydrogen) atoms. The predicted octanol–water partition coefficient (Wildman–Crippen LogP) is 5.59. The van der Waals surface area contributed by atoms with E-state index in [2.05, 4.69) is 13.0 Å². The molecule has 0 bridgehead atoms. The molecule has 0 spiro atoms. The van der Waals surface area contributed by atoms with Crippen LogP contribution in [0.25, 0.3) is 6.08 Å². The lowest BCUT2D eigenvalue weighted by Gasteiger charge is -1.98. The van der Waals surface area contributed by atoms with Crippen molar-refractivity contribution in [2.75, 3.05) is 0 Å². The fourth-order valence-electron chi connectivity index (χ4n) is 1.86. The van der Waals surface area contributed by atoms with Crippen LogP contribution in [0.4, 0.5) is 4.39 Å². The van der Waals surface area contributed by atoms with Crippen LogP contribution in [0.2, 0.25) is 0 Å². The first-order valence-corrected chi connectivity index (χ1v) is 6.75. The zero-order valence-electron chi connectivity index (χ0n) is 10.8. The van der Waals surface area contributed by atoms with Gasteiger partial charge >= 0.3 is 0 Å². The smallest absolute Gasteiger partial charge is 0.130 e. The highest BCUT2D eigenvalue weighted by molar-refractivity contribution is 5.49. The summed E-state index contributed by atoms with van der Waals surface area (Å²) >= 11 is 0. The first kappa shape index (κ1) is 14.0.